The number of nitrogens with zero attached hydrogens (tertiary/aromatic N) is 2. The van der Waals surface area contributed by atoms with E-state index in [0.717, 1.165) is 30.2 Å². The van der Waals surface area contributed by atoms with Crippen LogP contribution in [0.2, 0.25) is 5.15 Å². The Bertz CT molecular complexity index is 266. The first-order chi connectivity index (χ1) is 6.13. The lowest BCUT2D eigenvalue weighted by molar-refractivity contribution is 0.485. The van der Waals surface area contributed by atoms with Crippen LogP contribution in [0.1, 0.15) is 32.9 Å². The topological polar surface area (TPSA) is 17.8 Å². The van der Waals surface area contributed by atoms with Crippen LogP contribution in [-0.2, 0) is 13.0 Å². The van der Waals surface area contributed by atoms with Gasteiger partial charge in [0.25, 0.3) is 0 Å². The van der Waals surface area contributed by atoms with Crippen LogP contribution in [0.5, 0.6) is 0 Å². The molecule has 0 aliphatic carbocycles. The van der Waals surface area contributed by atoms with Crippen molar-refractivity contribution in [3.8, 4) is 0 Å². The Labute approximate surface area is 84.9 Å². The van der Waals surface area contributed by atoms with E-state index in [2.05, 4.69) is 25.9 Å². The van der Waals surface area contributed by atoms with Gasteiger partial charge in [0.15, 0.2) is 0 Å². The third-order valence-electron chi connectivity index (χ3n) is 2.06. The van der Waals surface area contributed by atoms with E-state index in [1.54, 1.807) is 0 Å². The zero-order chi connectivity index (χ0) is 9.84. The van der Waals surface area contributed by atoms with Crippen LogP contribution >= 0.6 is 11.6 Å². The van der Waals surface area contributed by atoms with E-state index in [-0.39, 0.29) is 0 Å². The summed E-state index contributed by atoms with van der Waals surface area (Å²) in [6.45, 7) is 7.43. The van der Waals surface area contributed by atoms with Gasteiger partial charge in [-0.25, -0.2) is 0 Å². The maximum atomic E-state index is 6.01. The lowest BCUT2D eigenvalue weighted by atomic mass is 10.1. The molecule has 0 radical (unpaired) electrons. The van der Waals surface area contributed by atoms with E-state index in [4.69, 9.17) is 11.6 Å². The molecule has 1 aromatic heterocycles. The fourth-order valence-corrected chi connectivity index (χ4v) is 1.40. The minimum atomic E-state index is 0.699. The maximum absolute atomic E-state index is 6.01. The highest BCUT2D eigenvalue weighted by Gasteiger charge is 2.04. The summed E-state index contributed by atoms with van der Waals surface area (Å²) in [7, 11) is 0. The van der Waals surface area contributed by atoms with E-state index in [1.165, 1.54) is 0 Å². The first-order valence-electron chi connectivity index (χ1n) is 4.85. The van der Waals surface area contributed by atoms with Gasteiger partial charge in [-0.15, -0.1) is 0 Å². The van der Waals surface area contributed by atoms with Gasteiger partial charge in [0.05, 0.1) is 5.69 Å². The predicted molar refractivity (Wildman–Crippen MR) is 56.1 cm³/mol. The van der Waals surface area contributed by atoms with Crippen LogP contribution < -0.4 is 0 Å². The van der Waals surface area contributed by atoms with Crippen molar-refractivity contribution >= 4 is 11.6 Å². The summed E-state index contributed by atoms with van der Waals surface area (Å²) in [5, 5.41) is 5.15. The van der Waals surface area contributed by atoms with Gasteiger partial charge in [-0.2, -0.15) is 5.10 Å². The van der Waals surface area contributed by atoms with Gasteiger partial charge in [-0.3, -0.25) is 4.68 Å². The number of hydrogen-bond acceptors (Lipinski definition) is 1. The first kappa shape index (κ1) is 10.6. The van der Waals surface area contributed by atoms with Gasteiger partial charge in [0.2, 0.25) is 0 Å². The summed E-state index contributed by atoms with van der Waals surface area (Å²) in [5.41, 5.74) is 1.08. The van der Waals surface area contributed by atoms with Crippen molar-refractivity contribution in [3.05, 3.63) is 16.9 Å². The molecule has 1 rings (SSSR count). The monoisotopic (exact) mass is 200 g/mol. The summed E-state index contributed by atoms with van der Waals surface area (Å²) in [5.74, 6) is 0.699. The molecule has 0 aliphatic rings. The van der Waals surface area contributed by atoms with E-state index in [0.29, 0.717) is 5.92 Å². The Morgan fingerprint density at radius 2 is 2.23 bits per heavy atom. The van der Waals surface area contributed by atoms with Gasteiger partial charge in [0, 0.05) is 6.54 Å². The van der Waals surface area contributed by atoms with E-state index in [1.807, 2.05) is 10.7 Å². The average Bonchev–Trinajstić information content (AvgIpc) is 2.43. The molecule has 0 aliphatic heterocycles. The van der Waals surface area contributed by atoms with E-state index in [9.17, 15) is 0 Å². The van der Waals surface area contributed by atoms with Crippen molar-refractivity contribution in [1.29, 1.82) is 0 Å². The van der Waals surface area contributed by atoms with Crippen LogP contribution in [0.15, 0.2) is 6.07 Å². The Morgan fingerprint density at radius 3 is 2.69 bits per heavy atom. The number of hydrogen-bond donors (Lipinski definition) is 0. The molecule has 0 atom stereocenters. The summed E-state index contributed by atoms with van der Waals surface area (Å²) in [6, 6.07) is 1.95. The molecule has 0 N–H and O–H groups in total. The highest BCUT2D eigenvalue weighted by molar-refractivity contribution is 6.29. The summed E-state index contributed by atoms with van der Waals surface area (Å²) < 4.78 is 1.89. The Balaban J connectivity index is 2.60. The fraction of sp³-hybridized carbons (Fsp3) is 0.700. The molecule has 3 heteroatoms. The summed E-state index contributed by atoms with van der Waals surface area (Å²) in [6.07, 6.45) is 2.08. The molecule has 74 valence electrons. The lowest BCUT2D eigenvalue weighted by Crippen LogP contribution is -2.03. The molecule has 13 heavy (non-hydrogen) atoms. The predicted octanol–water partition coefficient (Wildman–Crippen LogP) is 3.15. The van der Waals surface area contributed by atoms with Crippen LogP contribution in [0.4, 0.5) is 0 Å². The van der Waals surface area contributed by atoms with Gasteiger partial charge >= 0.3 is 0 Å². The van der Waals surface area contributed by atoms with Crippen molar-refractivity contribution in [1.82, 2.24) is 9.78 Å². The quantitative estimate of drug-likeness (QED) is 0.730. The van der Waals surface area contributed by atoms with Gasteiger partial charge < -0.3 is 0 Å². The Morgan fingerprint density at radius 1 is 1.54 bits per heavy atom. The molecule has 1 heterocycles. The minimum absolute atomic E-state index is 0.699. The van der Waals surface area contributed by atoms with Crippen LogP contribution in [-0.4, -0.2) is 9.78 Å². The molecule has 0 saturated heterocycles. The molecule has 0 fully saturated rings. The normalized spacial score (nSPS) is 11.2. The molecule has 0 saturated carbocycles. The molecule has 0 spiro atoms. The fourth-order valence-electron chi connectivity index (χ4n) is 1.15. The number of aryl methyl sites for hydroxylation is 2. The SMILES string of the molecule is CCc1cc(Cl)n(CCC(C)C)n1. The van der Waals surface area contributed by atoms with Crippen molar-refractivity contribution in [3.63, 3.8) is 0 Å². The first-order valence-corrected chi connectivity index (χ1v) is 5.23. The maximum Gasteiger partial charge on any atom is 0.127 e. The number of aromatic nitrogens is 2. The largest absolute Gasteiger partial charge is 0.254 e. The molecular weight excluding hydrogens is 184 g/mol. The summed E-state index contributed by atoms with van der Waals surface area (Å²) in [4.78, 5) is 0. The van der Waals surface area contributed by atoms with Gasteiger partial charge in [-0.05, 0) is 24.8 Å². The van der Waals surface area contributed by atoms with Crippen molar-refractivity contribution in [2.45, 2.75) is 40.2 Å². The number of halogens is 1. The molecular formula is C10H17ClN2. The molecule has 0 bridgehead atoms. The lowest BCUT2D eigenvalue weighted by Gasteiger charge is -2.05. The number of rotatable bonds is 4. The zero-order valence-corrected chi connectivity index (χ0v) is 9.30. The Kier molecular flexibility index (Phi) is 3.79. The summed E-state index contributed by atoms with van der Waals surface area (Å²) >= 11 is 6.01. The van der Waals surface area contributed by atoms with Crippen molar-refractivity contribution in [2.24, 2.45) is 5.92 Å². The second-order valence-electron chi connectivity index (χ2n) is 3.72. The van der Waals surface area contributed by atoms with Gasteiger partial charge in [0.1, 0.15) is 5.15 Å². The van der Waals surface area contributed by atoms with Gasteiger partial charge in [-0.1, -0.05) is 32.4 Å². The van der Waals surface area contributed by atoms with Crippen molar-refractivity contribution < 1.29 is 0 Å². The zero-order valence-electron chi connectivity index (χ0n) is 8.55. The highest BCUT2D eigenvalue weighted by Crippen LogP contribution is 2.13. The molecule has 0 aromatic carbocycles. The third kappa shape index (κ3) is 3.03. The molecule has 0 unspecified atom stereocenters. The second kappa shape index (κ2) is 4.66. The third-order valence-corrected chi connectivity index (χ3v) is 2.37. The standard InChI is InChI=1S/C10H17ClN2/c1-4-9-7-10(11)13(12-9)6-5-8(2)3/h7-8H,4-6H2,1-3H3. The molecule has 1 aromatic rings. The van der Waals surface area contributed by atoms with E-state index >= 15 is 0 Å². The highest BCUT2D eigenvalue weighted by atomic mass is 35.5. The van der Waals surface area contributed by atoms with Crippen LogP contribution in [0.25, 0.3) is 0 Å². The van der Waals surface area contributed by atoms with Crippen LogP contribution in [0, 0.1) is 5.92 Å². The van der Waals surface area contributed by atoms with Crippen molar-refractivity contribution in [2.75, 3.05) is 0 Å². The average molecular weight is 201 g/mol. The molecule has 0 amide bonds. The molecule has 2 nitrogen and oxygen atoms in total. The second-order valence-corrected chi connectivity index (χ2v) is 4.10. The smallest absolute Gasteiger partial charge is 0.127 e. The Hall–Kier alpha value is -0.500. The minimum Gasteiger partial charge on any atom is -0.254 e. The van der Waals surface area contributed by atoms with E-state index < -0.39 is 0 Å². The van der Waals surface area contributed by atoms with Crippen LogP contribution in [0.3, 0.4) is 0 Å².